The summed E-state index contributed by atoms with van der Waals surface area (Å²) in [5.74, 6) is -1.82. The number of ether oxygens (including phenoxy) is 1. The summed E-state index contributed by atoms with van der Waals surface area (Å²) in [4.78, 5) is 12.7. The zero-order valence-electron chi connectivity index (χ0n) is 15.9. The zero-order chi connectivity index (χ0) is 21.1. The largest absolute Gasteiger partial charge is 0.507 e. The Balaban J connectivity index is 2.40. The zero-order valence-corrected chi connectivity index (χ0v) is 15.9. The highest BCUT2D eigenvalue weighted by Crippen LogP contribution is 2.39. The molecular weight excluding hydrogens is 364 g/mol. The molecule has 0 saturated carbocycles. The van der Waals surface area contributed by atoms with Crippen molar-refractivity contribution >= 4 is 11.9 Å². The molecule has 2 aromatic rings. The van der Waals surface area contributed by atoms with E-state index in [-0.39, 0.29) is 47.0 Å². The van der Waals surface area contributed by atoms with Crippen LogP contribution in [0.5, 0.6) is 28.7 Å². The quantitative estimate of drug-likeness (QED) is 0.280. The van der Waals surface area contributed by atoms with Crippen LogP contribution in [0.4, 0.5) is 0 Å². The van der Waals surface area contributed by atoms with Gasteiger partial charge in [-0.3, -0.25) is 4.79 Å². The first kappa shape index (κ1) is 21.1. The van der Waals surface area contributed by atoms with Crippen molar-refractivity contribution in [3.05, 3.63) is 47.0 Å². The number of carbonyl (C=O) groups is 1. The fourth-order valence-corrected chi connectivity index (χ4v) is 2.65. The van der Waals surface area contributed by atoms with Gasteiger partial charge in [-0.05, 0) is 50.5 Å². The molecule has 0 heterocycles. The number of hydrogen-bond acceptors (Lipinski definition) is 7. The molecule has 0 amide bonds. The highest BCUT2D eigenvalue weighted by Gasteiger charge is 2.24. The van der Waals surface area contributed by atoms with Gasteiger partial charge in [-0.15, -0.1) is 0 Å². The number of aliphatic hydroxyl groups is 1. The molecular formula is C21H24O7. The lowest BCUT2D eigenvalue weighted by Gasteiger charge is -2.19. The summed E-state index contributed by atoms with van der Waals surface area (Å²) in [6.07, 6.45) is 3.00. The second kappa shape index (κ2) is 8.22. The maximum Gasteiger partial charge on any atom is 0.193 e. The van der Waals surface area contributed by atoms with Crippen molar-refractivity contribution in [2.24, 2.45) is 0 Å². The van der Waals surface area contributed by atoms with Gasteiger partial charge >= 0.3 is 0 Å². The molecule has 150 valence electrons. The Bertz CT molecular complexity index is 908. The van der Waals surface area contributed by atoms with Crippen LogP contribution in [0.1, 0.15) is 41.8 Å². The lowest BCUT2D eigenvalue weighted by molar-refractivity contribution is 0.0711. The van der Waals surface area contributed by atoms with E-state index in [4.69, 9.17) is 4.74 Å². The molecule has 0 unspecified atom stereocenters. The molecule has 2 rings (SSSR count). The van der Waals surface area contributed by atoms with Crippen molar-refractivity contribution in [2.75, 3.05) is 7.11 Å². The maximum atomic E-state index is 12.7. The van der Waals surface area contributed by atoms with Gasteiger partial charge in [-0.25, -0.2) is 0 Å². The fourth-order valence-electron chi connectivity index (χ4n) is 2.65. The van der Waals surface area contributed by atoms with Crippen LogP contribution in [0.15, 0.2) is 30.3 Å². The predicted molar refractivity (Wildman–Crippen MR) is 104 cm³/mol. The monoisotopic (exact) mass is 388 g/mol. The van der Waals surface area contributed by atoms with E-state index in [1.54, 1.807) is 13.8 Å². The van der Waals surface area contributed by atoms with Gasteiger partial charge in [-0.2, -0.15) is 0 Å². The van der Waals surface area contributed by atoms with Gasteiger partial charge < -0.3 is 30.3 Å². The Labute approximate surface area is 162 Å². The summed E-state index contributed by atoms with van der Waals surface area (Å²) in [6, 6.07) is 5.31. The summed E-state index contributed by atoms with van der Waals surface area (Å²) >= 11 is 0. The van der Waals surface area contributed by atoms with Crippen LogP contribution < -0.4 is 4.74 Å². The van der Waals surface area contributed by atoms with Gasteiger partial charge in [0.25, 0.3) is 0 Å². The number of phenols is 4. The molecule has 0 bridgehead atoms. The van der Waals surface area contributed by atoms with Gasteiger partial charge in [0.1, 0.15) is 22.8 Å². The molecule has 0 saturated heterocycles. The van der Waals surface area contributed by atoms with Crippen LogP contribution in [0.3, 0.4) is 0 Å². The average Bonchev–Trinajstić information content (AvgIpc) is 2.60. The van der Waals surface area contributed by atoms with Crippen molar-refractivity contribution in [2.45, 2.75) is 32.3 Å². The van der Waals surface area contributed by atoms with Crippen LogP contribution in [0.2, 0.25) is 0 Å². The lowest BCUT2D eigenvalue weighted by Crippen LogP contribution is -2.19. The number of aromatic hydroxyl groups is 4. The van der Waals surface area contributed by atoms with E-state index in [1.165, 1.54) is 43.5 Å². The highest BCUT2D eigenvalue weighted by atomic mass is 16.5. The van der Waals surface area contributed by atoms with E-state index in [2.05, 4.69) is 0 Å². The van der Waals surface area contributed by atoms with Gasteiger partial charge in [-0.1, -0.05) is 12.1 Å². The standard InChI is InChI=1S/C21H24O7/c1-21(2,27)9-8-13-16(24)11-18(28-3)19(20(13)26)15(23)7-5-12-4-6-14(22)17(25)10-12/h4-7,10-11,22,24-27H,8-9H2,1-3H3/b7-5+. The number of ketones is 1. The number of phenolic OH excluding ortho intramolecular Hbond substituents is 4. The minimum atomic E-state index is -1.01. The SMILES string of the molecule is COc1cc(O)c(CCC(C)(C)O)c(O)c1C(=O)/C=C/c1ccc(O)c(O)c1. The topological polar surface area (TPSA) is 127 Å². The Morgan fingerprint density at radius 1 is 1.07 bits per heavy atom. The average molecular weight is 388 g/mol. The molecule has 0 aliphatic heterocycles. The van der Waals surface area contributed by atoms with E-state index in [9.17, 15) is 30.3 Å². The summed E-state index contributed by atoms with van der Waals surface area (Å²) < 4.78 is 5.12. The molecule has 2 aromatic carbocycles. The molecule has 0 radical (unpaired) electrons. The van der Waals surface area contributed by atoms with Gasteiger partial charge in [0.2, 0.25) is 0 Å². The highest BCUT2D eigenvalue weighted by molar-refractivity contribution is 6.11. The van der Waals surface area contributed by atoms with E-state index in [1.807, 2.05) is 0 Å². The molecule has 0 aliphatic rings. The fraction of sp³-hybridized carbons (Fsp3) is 0.286. The molecule has 7 nitrogen and oxygen atoms in total. The number of rotatable bonds is 7. The summed E-state index contributed by atoms with van der Waals surface area (Å²) in [6.45, 7) is 3.21. The molecule has 5 N–H and O–H groups in total. The van der Waals surface area contributed by atoms with E-state index in [0.717, 1.165) is 0 Å². The van der Waals surface area contributed by atoms with Crippen LogP contribution in [0, 0.1) is 0 Å². The van der Waals surface area contributed by atoms with Gasteiger partial charge in [0.15, 0.2) is 17.3 Å². The van der Waals surface area contributed by atoms with E-state index < -0.39 is 17.1 Å². The minimum absolute atomic E-state index is 0.00483. The van der Waals surface area contributed by atoms with Crippen molar-refractivity contribution < 1.29 is 35.1 Å². The summed E-state index contributed by atoms with van der Waals surface area (Å²) in [5, 5.41) is 49.5. The Kier molecular flexibility index (Phi) is 6.20. The smallest absolute Gasteiger partial charge is 0.193 e. The molecule has 28 heavy (non-hydrogen) atoms. The number of methoxy groups -OCH3 is 1. The molecule has 0 fully saturated rings. The van der Waals surface area contributed by atoms with Crippen molar-refractivity contribution in [1.29, 1.82) is 0 Å². The first-order chi connectivity index (χ1) is 13.0. The van der Waals surface area contributed by atoms with Gasteiger partial charge in [0, 0.05) is 11.6 Å². The second-order valence-electron chi connectivity index (χ2n) is 7.06. The molecule has 7 heteroatoms. The van der Waals surface area contributed by atoms with E-state index >= 15 is 0 Å². The van der Waals surface area contributed by atoms with Crippen LogP contribution in [-0.4, -0.2) is 44.0 Å². The molecule has 0 aromatic heterocycles. The first-order valence-corrected chi connectivity index (χ1v) is 8.62. The number of hydrogen-bond donors (Lipinski definition) is 5. The number of allylic oxidation sites excluding steroid dienone is 1. The van der Waals surface area contributed by atoms with E-state index in [0.29, 0.717) is 5.56 Å². The minimum Gasteiger partial charge on any atom is -0.507 e. The predicted octanol–water partition coefficient (Wildman–Crippen LogP) is 3.12. The molecule has 0 atom stereocenters. The third-order valence-electron chi connectivity index (χ3n) is 4.23. The normalized spacial score (nSPS) is 11.7. The van der Waals surface area contributed by atoms with Crippen molar-refractivity contribution in [3.63, 3.8) is 0 Å². The molecule has 0 aliphatic carbocycles. The van der Waals surface area contributed by atoms with Crippen molar-refractivity contribution in [1.82, 2.24) is 0 Å². The van der Waals surface area contributed by atoms with Crippen LogP contribution in [0.25, 0.3) is 6.08 Å². The first-order valence-electron chi connectivity index (χ1n) is 8.62. The summed E-state index contributed by atoms with van der Waals surface area (Å²) in [5.41, 5.74) is -0.528. The Morgan fingerprint density at radius 3 is 2.32 bits per heavy atom. The van der Waals surface area contributed by atoms with Crippen LogP contribution in [-0.2, 0) is 6.42 Å². The Morgan fingerprint density at radius 2 is 1.75 bits per heavy atom. The number of carbonyl (C=O) groups excluding carboxylic acids is 1. The third kappa shape index (κ3) is 4.95. The maximum absolute atomic E-state index is 12.7. The van der Waals surface area contributed by atoms with Gasteiger partial charge in [0.05, 0.1) is 12.7 Å². The van der Waals surface area contributed by atoms with Crippen molar-refractivity contribution in [3.8, 4) is 28.7 Å². The molecule has 0 spiro atoms. The number of benzene rings is 2. The summed E-state index contributed by atoms with van der Waals surface area (Å²) in [7, 11) is 1.31. The van der Waals surface area contributed by atoms with Crippen LogP contribution >= 0.6 is 0 Å². The lowest BCUT2D eigenvalue weighted by atomic mass is 9.94. The second-order valence-corrected chi connectivity index (χ2v) is 7.06. The third-order valence-corrected chi connectivity index (χ3v) is 4.23. The Hall–Kier alpha value is -3.19.